The molecule has 1 aromatic carbocycles. The van der Waals surface area contributed by atoms with Crippen LogP contribution in [-0.2, 0) is 12.5 Å². The predicted octanol–water partition coefficient (Wildman–Crippen LogP) is 4.47. The first-order valence-corrected chi connectivity index (χ1v) is 13.2. The van der Waals surface area contributed by atoms with Gasteiger partial charge < -0.3 is 10.6 Å². The van der Waals surface area contributed by atoms with Gasteiger partial charge in [0.25, 0.3) is 11.8 Å². The van der Waals surface area contributed by atoms with Crippen LogP contribution in [0.3, 0.4) is 0 Å². The molecule has 4 bridgehead atoms. The molecule has 2 aromatic heterocycles. The standard InChI is InChI=1S/C28H34N6O2/c1-3-9-29-27(36)24-23(16-30-33(24)2)31-26(35)22-17-34(21-7-5-4-6-8-21)32-25(22)28-13-18-10-19(14-28)12-20(11-18)15-28/h4-8,16-20H,3,9-15H2,1-2H3,(H,29,36)(H,31,35). The van der Waals surface area contributed by atoms with Gasteiger partial charge >= 0.3 is 0 Å². The summed E-state index contributed by atoms with van der Waals surface area (Å²) < 4.78 is 3.36. The maximum absolute atomic E-state index is 13.8. The molecule has 0 spiro atoms. The Balaban J connectivity index is 1.37. The summed E-state index contributed by atoms with van der Waals surface area (Å²) in [7, 11) is 1.71. The van der Waals surface area contributed by atoms with E-state index in [1.165, 1.54) is 23.9 Å². The summed E-state index contributed by atoms with van der Waals surface area (Å²) in [6, 6.07) is 9.97. The highest BCUT2D eigenvalue weighted by atomic mass is 16.2. The number of aryl methyl sites for hydroxylation is 1. The Kier molecular flexibility index (Phi) is 5.69. The van der Waals surface area contributed by atoms with Gasteiger partial charge in [0, 0.05) is 25.2 Å². The molecule has 36 heavy (non-hydrogen) atoms. The average molecular weight is 487 g/mol. The van der Waals surface area contributed by atoms with Crippen molar-refractivity contribution < 1.29 is 9.59 Å². The van der Waals surface area contributed by atoms with Gasteiger partial charge in [0.2, 0.25) is 0 Å². The van der Waals surface area contributed by atoms with Crippen LogP contribution in [0.25, 0.3) is 5.69 Å². The van der Waals surface area contributed by atoms with Crippen LogP contribution in [-0.4, -0.2) is 37.9 Å². The van der Waals surface area contributed by atoms with Crippen molar-refractivity contribution in [3.8, 4) is 5.69 Å². The van der Waals surface area contributed by atoms with Gasteiger partial charge in [0.1, 0.15) is 5.69 Å². The average Bonchev–Trinajstić information content (AvgIpc) is 3.47. The van der Waals surface area contributed by atoms with Gasteiger partial charge in [0.05, 0.1) is 28.8 Å². The van der Waals surface area contributed by atoms with Gasteiger partial charge in [-0.05, 0) is 74.8 Å². The lowest BCUT2D eigenvalue weighted by Crippen LogP contribution is -2.49. The topological polar surface area (TPSA) is 93.8 Å². The number of rotatable bonds is 7. The molecular formula is C28H34N6O2. The van der Waals surface area contributed by atoms with Crippen LogP contribution in [0.1, 0.15) is 78.4 Å². The van der Waals surface area contributed by atoms with E-state index in [0.717, 1.165) is 54.8 Å². The van der Waals surface area contributed by atoms with Gasteiger partial charge in [-0.3, -0.25) is 14.3 Å². The fourth-order valence-electron chi connectivity index (χ4n) is 7.36. The smallest absolute Gasteiger partial charge is 0.271 e. The molecule has 188 valence electrons. The van der Waals surface area contributed by atoms with Crippen LogP contribution in [0.4, 0.5) is 5.69 Å². The Labute approximate surface area is 211 Å². The number of anilines is 1. The SMILES string of the molecule is CCCNC(=O)c1c(NC(=O)c2cn(-c3ccccc3)nc2C23CC4CC(CC(C4)C2)C3)cnn1C. The molecule has 3 aromatic rings. The van der Waals surface area contributed by atoms with Crippen LogP contribution >= 0.6 is 0 Å². The minimum atomic E-state index is -0.242. The van der Waals surface area contributed by atoms with Gasteiger partial charge in [-0.2, -0.15) is 10.2 Å². The maximum Gasteiger partial charge on any atom is 0.271 e. The van der Waals surface area contributed by atoms with Gasteiger partial charge in [-0.25, -0.2) is 4.68 Å². The number of nitrogens with one attached hydrogen (secondary N) is 2. The number of aromatic nitrogens is 4. The number of amides is 2. The number of carbonyl (C=O) groups excluding carboxylic acids is 2. The molecule has 4 saturated carbocycles. The van der Waals surface area contributed by atoms with E-state index in [4.69, 9.17) is 5.10 Å². The molecule has 4 aliphatic rings. The van der Waals surface area contributed by atoms with E-state index in [0.29, 0.717) is 23.5 Å². The summed E-state index contributed by atoms with van der Waals surface area (Å²) >= 11 is 0. The highest BCUT2D eigenvalue weighted by molar-refractivity contribution is 6.09. The van der Waals surface area contributed by atoms with Crippen LogP contribution in [0, 0.1) is 17.8 Å². The lowest BCUT2D eigenvalue weighted by atomic mass is 9.48. The first kappa shape index (κ1) is 23.0. The highest BCUT2D eigenvalue weighted by Crippen LogP contribution is 2.60. The number of para-hydroxylation sites is 1. The molecule has 8 nitrogen and oxygen atoms in total. The van der Waals surface area contributed by atoms with Crippen molar-refractivity contribution in [3.05, 3.63) is 59.7 Å². The minimum absolute atomic E-state index is 0.0439. The Morgan fingerprint density at radius 2 is 1.69 bits per heavy atom. The molecule has 2 N–H and O–H groups in total. The number of hydrogen-bond acceptors (Lipinski definition) is 4. The Morgan fingerprint density at radius 3 is 2.33 bits per heavy atom. The van der Waals surface area contributed by atoms with Crippen molar-refractivity contribution >= 4 is 17.5 Å². The minimum Gasteiger partial charge on any atom is -0.351 e. The third kappa shape index (κ3) is 3.92. The van der Waals surface area contributed by atoms with E-state index in [1.807, 2.05) is 48.1 Å². The molecule has 2 amide bonds. The Bertz CT molecular complexity index is 1260. The van der Waals surface area contributed by atoms with E-state index >= 15 is 0 Å². The van der Waals surface area contributed by atoms with Crippen LogP contribution in [0.5, 0.6) is 0 Å². The van der Waals surface area contributed by atoms with E-state index in [9.17, 15) is 9.59 Å². The molecule has 0 aliphatic heterocycles. The van der Waals surface area contributed by atoms with E-state index in [1.54, 1.807) is 13.2 Å². The third-order valence-corrected chi connectivity index (χ3v) is 8.46. The Morgan fingerprint density at radius 1 is 1.03 bits per heavy atom. The summed E-state index contributed by atoms with van der Waals surface area (Å²) in [5.74, 6) is 1.73. The first-order chi connectivity index (χ1) is 17.5. The normalized spacial score (nSPS) is 26.2. The molecule has 4 aliphatic carbocycles. The van der Waals surface area contributed by atoms with Crippen molar-refractivity contribution in [1.82, 2.24) is 24.9 Å². The van der Waals surface area contributed by atoms with Crippen molar-refractivity contribution in [2.24, 2.45) is 24.8 Å². The van der Waals surface area contributed by atoms with Gasteiger partial charge in [-0.1, -0.05) is 25.1 Å². The quantitative estimate of drug-likeness (QED) is 0.515. The molecule has 4 fully saturated rings. The van der Waals surface area contributed by atoms with Crippen LogP contribution < -0.4 is 10.6 Å². The van der Waals surface area contributed by atoms with Crippen molar-refractivity contribution in [1.29, 1.82) is 0 Å². The number of carbonyl (C=O) groups is 2. The largest absolute Gasteiger partial charge is 0.351 e. The summed E-state index contributed by atoms with van der Waals surface area (Å²) in [5, 5.41) is 15.2. The van der Waals surface area contributed by atoms with Gasteiger partial charge in [-0.15, -0.1) is 0 Å². The Hall–Kier alpha value is -3.42. The molecule has 0 radical (unpaired) electrons. The zero-order valence-corrected chi connectivity index (χ0v) is 21.0. The van der Waals surface area contributed by atoms with Crippen LogP contribution in [0.15, 0.2) is 42.7 Å². The second-order valence-electron chi connectivity index (χ2n) is 11.1. The lowest BCUT2D eigenvalue weighted by Gasteiger charge is -2.56. The van der Waals surface area contributed by atoms with Crippen molar-refractivity contribution in [2.45, 2.75) is 57.3 Å². The van der Waals surface area contributed by atoms with Gasteiger partial charge in [0.15, 0.2) is 0 Å². The fraction of sp³-hybridized carbons (Fsp3) is 0.500. The van der Waals surface area contributed by atoms with E-state index < -0.39 is 0 Å². The lowest BCUT2D eigenvalue weighted by molar-refractivity contribution is -0.00765. The number of benzene rings is 1. The summed E-state index contributed by atoms with van der Waals surface area (Å²) in [6.07, 6.45) is 11.6. The molecule has 0 unspecified atom stereocenters. The van der Waals surface area contributed by atoms with Crippen LogP contribution in [0.2, 0.25) is 0 Å². The van der Waals surface area contributed by atoms with E-state index in [2.05, 4.69) is 15.7 Å². The zero-order valence-electron chi connectivity index (χ0n) is 21.0. The first-order valence-electron chi connectivity index (χ1n) is 13.2. The molecule has 0 atom stereocenters. The molecule has 0 saturated heterocycles. The number of hydrogen-bond donors (Lipinski definition) is 2. The summed E-state index contributed by atoms with van der Waals surface area (Å²) in [6.45, 7) is 2.57. The second-order valence-corrected chi connectivity index (χ2v) is 11.1. The molecular weight excluding hydrogens is 452 g/mol. The second kappa shape index (κ2) is 8.91. The predicted molar refractivity (Wildman–Crippen MR) is 137 cm³/mol. The fourth-order valence-corrected chi connectivity index (χ4v) is 7.36. The molecule has 7 rings (SSSR count). The molecule has 8 heteroatoms. The van der Waals surface area contributed by atoms with E-state index in [-0.39, 0.29) is 17.2 Å². The summed E-state index contributed by atoms with van der Waals surface area (Å²) in [5.41, 5.74) is 3.18. The van der Waals surface area contributed by atoms with Crippen molar-refractivity contribution in [3.63, 3.8) is 0 Å². The zero-order chi connectivity index (χ0) is 24.9. The van der Waals surface area contributed by atoms with Crippen molar-refractivity contribution in [2.75, 3.05) is 11.9 Å². The monoisotopic (exact) mass is 486 g/mol. The maximum atomic E-state index is 13.8. The third-order valence-electron chi connectivity index (χ3n) is 8.46. The highest BCUT2D eigenvalue weighted by Gasteiger charge is 2.54. The number of nitrogens with zero attached hydrogens (tertiary/aromatic N) is 4. The summed E-state index contributed by atoms with van der Waals surface area (Å²) in [4.78, 5) is 26.6. The molecule has 2 heterocycles.